The van der Waals surface area contributed by atoms with Gasteiger partial charge in [-0.25, -0.2) is 19.3 Å². The molecule has 0 radical (unpaired) electrons. The van der Waals surface area contributed by atoms with Crippen LogP contribution in [0.1, 0.15) is 6.23 Å². The molecule has 2 unspecified atom stereocenters. The van der Waals surface area contributed by atoms with E-state index in [4.69, 9.17) is 15.2 Å². The number of methoxy groups -OCH3 is 1. The van der Waals surface area contributed by atoms with Crippen molar-refractivity contribution in [3.05, 3.63) is 12.7 Å². The SMILES string of the molecule is CO[C@@H]1[C@H](O)[C@@H](COP(=O)([O-])OP(=O)([O-])OP(=O)([O-])[O-])O[C@H]1n1cnc2c(N)ncnc21.[Na+].[Na+].[Na+].[Na+]. The Bertz CT molecular complexity index is 1140. The molecule has 0 spiro atoms. The van der Waals surface area contributed by atoms with Crippen molar-refractivity contribution in [2.75, 3.05) is 19.5 Å². The van der Waals surface area contributed by atoms with E-state index < -0.39 is 54.6 Å². The number of nitrogens with zero attached hydrogens (tertiary/aromatic N) is 4. The molecule has 1 saturated heterocycles. The molecule has 2 aromatic heterocycles. The Hall–Kier alpha value is 2.64. The normalized spacial score (nSPS) is 24.8. The van der Waals surface area contributed by atoms with Gasteiger partial charge in [0.05, 0.1) is 20.8 Å². The fraction of sp³-hybridized carbons (Fsp3) is 0.545. The number of anilines is 1. The van der Waals surface area contributed by atoms with Gasteiger partial charge in [-0.3, -0.25) is 18.0 Å². The van der Waals surface area contributed by atoms with Crippen LogP contribution in [0.4, 0.5) is 5.82 Å². The summed E-state index contributed by atoms with van der Waals surface area (Å²) in [4.78, 5) is 55.4. The largest absolute Gasteiger partial charge is 1.00 e. The van der Waals surface area contributed by atoms with Crippen LogP contribution >= 0.6 is 23.5 Å². The molecule has 0 bridgehead atoms. The first-order valence-corrected chi connectivity index (χ1v) is 12.6. The maximum absolute atomic E-state index is 11.7. The van der Waals surface area contributed by atoms with Crippen LogP contribution in [-0.4, -0.2) is 56.7 Å². The molecule has 3 N–H and O–H groups in total. The number of fused-ring (bicyclic) bond motifs is 1. The van der Waals surface area contributed by atoms with E-state index in [2.05, 4.69) is 28.1 Å². The average molecular weight is 609 g/mol. The molecule has 180 valence electrons. The minimum atomic E-state index is -6.12. The molecule has 0 aliphatic carbocycles. The third-order valence-corrected chi connectivity index (χ3v) is 7.71. The number of phosphoric acid groups is 3. The van der Waals surface area contributed by atoms with E-state index in [0.717, 1.165) is 6.33 Å². The van der Waals surface area contributed by atoms with Crippen molar-refractivity contribution in [3.63, 3.8) is 0 Å². The number of ether oxygens (including phenoxy) is 2. The van der Waals surface area contributed by atoms with E-state index >= 15 is 0 Å². The first-order chi connectivity index (χ1) is 14.7. The molecule has 0 aromatic carbocycles. The first-order valence-electron chi connectivity index (χ1n) is 8.24. The zero-order chi connectivity index (χ0) is 23.9. The van der Waals surface area contributed by atoms with Crippen molar-refractivity contribution in [3.8, 4) is 0 Å². The predicted molar refractivity (Wildman–Crippen MR) is 91.4 cm³/mol. The number of phosphoric ester groups is 1. The Labute approximate surface area is 292 Å². The molecule has 18 nitrogen and oxygen atoms in total. The fourth-order valence-corrected chi connectivity index (χ4v) is 5.70. The van der Waals surface area contributed by atoms with Crippen molar-refractivity contribution in [2.45, 2.75) is 24.5 Å². The van der Waals surface area contributed by atoms with Crippen LogP contribution in [0.25, 0.3) is 11.2 Å². The second kappa shape index (κ2) is 16.3. The number of hydrogen-bond donors (Lipinski definition) is 2. The van der Waals surface area contributed by atoms with Gasteiger partial charge in [-0.2, -0.15) is 0 Å². The van der Waals surface area contributed by atoms with E-state index in [1.54, 1.807) is 0 Å². The number of rotatable bonds is 9. The summed E-state index contributed by atoms with van der Waals surface area (Å²) < 4.78 is 56.2. The van der Waals surface area contributed by atoms with Gasteiger partial charge in [0.25, 0.3) is 15.6 Å². The summed E-state index contributed by atoms with van der Waals surface area (Å²) in [7, 11) is -16.8. The van der Waals surface area contributed by atoms with Crippen molar-refractivity contribution in [1.29, 1.82) is 0 Å². The first kappa shape index (κ1) is 40.8. The maximum atomic E-state index is 11.7. The van der Waals surface area contributed by atoms with Gasteiger partial charge in [0.2, 0.25) is 0 Å². The summed E-state index contributed by atoms with van der Waals surface area (Å²) >= 11 is 0. The Morgan fingerprint density at radius 1 is 1.06 bits per heavy atom. The van der Waals surface area contributed by atoms with Gasteiger partial charge in [0.15, 0.2) is 17.7 Å². The van der Waals surface area contributed by atoms with Crippen molar-refractivity contribution in [2.24, 2.45) is 0 Å². The Kier molecular flexibility index (Phi) is 18.5. The molecule has 1 fully saturated rings. The van der Waals surface area contributed by atoms with Crippen LogP contribution in [0.2, 0.25) is 0 Å². The number of imidazole rings is 1. The minimum absolute atomic E-state index is 0. The van der Waals surface area contributed by atoms with Gasteiger partial charge >= 0.3 is 118 Å². The van der Waals surface area contributed by atoms with E-state index in [9.17, 15) is 38.4 Å². The smallest absolute Gasteiger partial charge is 0.790 e. The minimum Gasteiger partial charge on any atom is -0.790 e. The van der Waals surface area contributed by atoms with Gasteiger partial charge in [-0.15, -0.1) is 0 Å². The zero-order valence-electron chi connectivity index (χ0n) is 19.7. The maximum Gasteiger partial charge on any atom is 1.00 e. The van der Waals surface area contributed by atoms with Crippen molar-refractivity contribution < 1.29 is 179 Å². The van der Waals surface area contributed by atoms with Crippen LogP contribution in [-0.2, 0) is 36.3 Å². The molecule has 1 aliphatic heterocycles. The molecule has 0 saturated carbocycles. The number of hydrogen-bond acceptors (Lipinski definition) is 17. The standard InChI is InChI=1S/C11H18N5O13P3.4Na/c1-25-8-7(17)5(2-26-31(21,22)29-32(23,24)28-30(18,19)20)27-11(8)16-4-15-6-9(12)13-3-14-10(6)16;;;;/h3-5,7-8,11,17H,2H2,1H3,(H,21,22)(H,23,24)(H2,12,13,14)(H2,18,19,20);;;;/q;4*+1/p-4/t5-,7-,8-,11-;;;;/m1..../s1. The van der Waals surface area contributed by atoms with E-state index in [1.807, 2.05) is 0 Å². The molecular formula is C11H14N5Na4O13P3. The average Bonchev–Trinajstić information content (AvgIpc) is 3.18. The van der Waals surface area contributed by atoms with Crippen molar-refractivity contribution >= 4 is 40.4 Å². The quantitative estimate of drug-likeness (QED) is 0.197. The van der Waals surface area contributed by atoms with Gasteiger partial charge < -0.3 is 49.0 Å². The zero-order valence-corrected chi connectivity index (χ0v) is 30.4. The van der Waals surface area contributed by atoms with Crippen molar-refractivity contribution in [1.82, 2.24) is 19.5 Å². The Balaban J connectivity index is 0. The number of nitrogens with two attached hydrogens (primary N) is 1. The third kappa shape index (κ3) is 10.8. The van der Waals surface area contributed by atoms with Crippen LogP contribution in [0.5, 0.6) is 0 Å². The molecule has 1 aliphatic rings. The van der Waals surface area contributed by atoms with Crippen LogP contribution < -0.4 is 144 Å². The van der Waals surface area contributed by atoms with E-state index in [1.165, 1.54) is 18.0 Å². The summed E-state index contributed by atoms with van der Waals surface area (Å²) in [5.74, 6) is 0.0653. The second-order valence-corrected chi connectivity index (χ2v) is 10.4. The summed E-state index contributed by atoms with van der Waals surface area (Å²) in [5, 5.41) is 10.4. The van der Waals surface area contributed by atoms with E-state index in [0.29, 0.717) is 0 Å². The molecular weight excluding hydrogens is 595 g/mol. The molecule has 3 heterocycles. The van der Waals surface area contributed by atoms with E-state index in [-0.39, 0.29) is 135 Å². The summed E-state index contributed by atoms with van der Waals surface area (Å²) in [5.41, 5.74) is 6.14. The molecule has 6 atom stereocenters. The summed E-state index contributed by atoms with van der Waals surface area (Å²) in [6.45, 7) is -0.992. The summed E-state index contributed by atoms with van der Waals surface area (Å²) in [6.07, 6.45) is -2.69. The van der Waals surface area contributed by atoms with Crippen LogP contribution in [0, 0.1) is 0 Å². The Morgan fingerprint density at radius 3 is 2.22 bits per heavy atom. The predicted octanol–water partition coefficient (Wildman–Crippen LogP) is -15.5. The number of aliphatic hydroxyl groups excluding tert-OH is 1. The Morgan fingerprint density at radius 2 is 1.67 bits per heavy atom. The third-order valence-electron chi connectivity index (χ3n) is 4.04. The number of nitrogen functional groups attached to an aromatic ring is 1. The summed E-state index contributed by atoms with van der Waals surface area (Å²) in [6, 6.07) is 0. The van der Waals surface area contributed by atoms with Gasteiger partial charge in [0.1, 0.15) is 30.2 Å². The number of aliphatic hydroxyl groups is 1. The molecule has 25 heteroatoms. The van der Waals surface area contributed by atoms with Crippen LogP contribution in [0.15, 0.2) is 12.7 Å². The van der Waals surface area contributed by atoms with Gasteiger partial charge in [0, 0.05) is 7.11 Å². The van der Waals surface area contributed by atoms with Crippen LogP contribution in [0.3, 0.4) is 0 Å². The topological polar surface area (TPSA) is 279 Å². The van der Waals surface area contributed by atoms with Gasteiger partial charge in [-0.1, -0.05) is 0 Å². The fourth-order valence-electron chi connectivity index (χ4n) is 2.84. The molecule has 2 aromatic rings. The second-order valence-electron chi connectivity index (χ2n) is 6.14. The molecule has 3 rings (SSSR count). The molecule has 0 amide bonds. The molecule has 36 heavy (non-hydrogen) atoms. The van der Waals surface area contributed by atoms with Gasteiger partial charge in [-0.05, 0) is 0 Å². The monoisotopic (exact) mass is 609 g/mol. The number of aromatic nitrogens is 4.